The first-order valence-corrected chi connectivity index (χ1v) is 6.94. The Morgan fingerprint density at radius 1 is 0.591 bits per heavy atom. The zero-order valence-corrected chi connectivity index (χ0v) is 12.0. The molecule has 0 bridgehead atoms. The molecule has 3 aromatic rings. The minimum Gasteiger partial charge on any atom is -0.323 e. The molecule has 0 aliphatic heterocycles. The third-order valence-electron chi connectivity index (χ3n) is 3.55. The summed E-state index contributed by atoms with van der Waals surface area (Å²) in [6, 6.07) is 23.8. The summed E-state index contributed by atoms with van der Waals surface area (Å²) in [6.45, 7) is 0. The monoisotopic (exact) mass is 288 g/mol. The average Bonchev–Trinajstić information content (AvgIpc) is 2.60. The molecule has 0 heterocycles. The Morgan fingerprint density at radius 3 is 1.86 bits per heavy atom. The lowest BCUT2D eigenvalue weighted by Gasteiger charge is -2.09. The highest BCUT2D eigenvalue weighted by atomic mass is 15.2. The van der Waals surface area contributed by atoms with Crippen molar-refractivity contribution in [1.29, 1.82) is 0 Å². The summed E-state index contributed by atoms with van der Waals surface area (Å²) in [5, 5.41) is 10.1. The Morgan fingerprint density at radius 2 is 1.18 bits per heavy atom. The first-order valence-electron chi connectivity index (χ1n) is 6.94. The van der Waals surface area contributed by atoms with Crippen molar-refractivity contribution in [3.05, 3.63) is 83.9 Å². The summed E-state index contributed by atoms with van der Waals surface area (Å²) in [4.78, 5) is 0. The zero-order valence-electron chi connectivity index (χ0n) is 12.0. The summed E-state index contributed by atoms with van der Waals surface area (Å²) in [5.74, 6) is 11.2. The van der Waals surface area contributed by atoms with Crippen LogP contribution < -0.4 is 11.7 Å². The highest BCUT2D eigenvalue weighted by molar-refractivity contribution is 6.53. The van der Waals surface area contributed by atoms with E-state index in [9.17, 15) is 0 Å². The van der Waals surface area contributed by atoms with Gasteiger partial charge in [0.05, 0.1) is 0 Å². The van der Waals surface area contributed by atoms with Crippen molar-refractivity contribution in [2.24, 2.45) is 21.9 Å². The van der Waals surface area contributed by atoms with Crippen LogP contribution in [0.15, 0.2) is 83.0 Å². The van der Waals surface area contributed by atoms with E-state index in [-0.39, 0.29) is 0 Å². The van der Waals surface area contributed by atoms with Gasteiger partial charge in [-0.1, -0.05) is 66.7 Å². The third-order valence-corrected chi connectivity index (χ3v) is 3.55. The van der Waals surface area contributed by atoms with Crippen LogP contribution in [0.4, 0.5) is 0 Å². The lowest BCUT2D eigenvalue weighted by Crippen LogP contribution is -2.20. The molecular weight excluding hydrogens is 272 g/mol. The van der Waals surface area contributed by atoms with E-state index in [0.29, 0.717) is 11.4 Å². The van der Waals surface area contributed by atoms with Crippen LogP contribution >= 0.6 is 0 Å². The number of hydrazone groups is 2. The molecule has 4 nitrogen and oxygen atoms in total. The van der Waals surface area contributed by atoms with Crippen LogP contribution in [-0.4, -0.2) is 11.4 Å². The number of hydrogen-bond acceptors (Lipinski definition) is 4. The first kappa shape index (κ1) is 13.8. The standard InChI is InChI=1S/C18H16N4/c19-21-17(14-7-2-1-3-8-14)18(22-20)16-11-10-13-6-4-5-9-15(13)12-16/h1-12H,19-20H2/b21-17?,22-18+. The number of hydrogen-bond donors (Lipinski definition) is 2. The number of nitrogens with zero attached hydrogens (tertiary/aromatic N) is 2. The summed E-state index contributed by atoms with van der Waals surface area (Å²) in [5.41, 5.74) is 2.90. The first-order chi connectivity index (χ1) is 10.8. The van der Waals surface area contributed by atoms with Crippen molar-refractivity contribution in [3.8, 4) is 0 Å². The van der Waals surface area contributed by atoms with E-state index in [2.05, 4.69) is 22.3 Å². The van der Waals surface area contributed by atoms with Crippen LogP contribution in [0.5, 0.6) is 0 Å². The maximum atomic E-state index is 5.61. The van der Waals surface area contributed by atoms with Gasteiger partial charge in [-0.15, -0.1) is 0 Å². The maximum Gasteiger partial charge on any atom is 0.118 e. The van der Waals surface area contributed by atoms with Crippen molar-refractivity contribution in [2.75, 3.05) is 0 Å². The molecule has 0 saturated heterocycles. The molecular formula is C18H16N4. The van der Waals surface area contributed by atoms with Gasteiger partial charge in [-0.05, 0) is 16.8 Å². The van der Waals surface area contributed by atoms with Crippen molar-refractivity contribution in [1.82, 2.24) is 0 Å². The SMILES string of the molecule is NN=C(/C(=N/N)c1ccc2ccccc2c1)c1ccccc1. The predicted octanol–water partition coefficient (Wildman–Crippen LogP) is 2.87. The van der Waals surface area contributed by atoms with Gasteiger partial charge in [0.1, 0.15) is 11.4 Å². The minimum atomic E-state index is 0.568. The van der Waals surface area contributed by atoms with E-state index >= 15 is 0 Å². The molecule has 0 spiro atoms. The number of rotatable bonds is 3. The Kier molecular flexibility index (Phi) is 3.83. The van der Waals surface area contributed by atoms with Crippen LogP contribution in [0.2, 0.25) is 0 Å². The highest BCUT2D eigenvalue weighted by Gasteiger charge is 2.14. The molecule has 0 saturated carbocycles. The van der Waals surface area contributed by atoms with E-state index in [0.717, 1.165) is 21.9 Å². The normalized spacial score (nSPS) is 12.5. The van der Waals surface area contributed by atoms with Gasteiger partial charge in [-0.25, -0.2) is 0 Å². The molecule has 0 fully saturated rings. The summed E-state index contributed by atoms with van der Waals surface area (Å²) in [7, 11) is 0. The molecule has 3 aromatic carbocycles. The molecule has 4 N–H and O–H groups in total. The fourth-order valence-corrected chi connectivity index (χ4v) is 2.48. The molecule has 0 radical (unpaired) electrons. The van der Waals surface area contributed by atoms with Gasteiger partial charge in [0, 0.05) is 11.1 Å². The molecule has 22 heavy (non-hydrogen) atoms. The summed E-state index contributed by atoms with van der Waals surface area (Å²) < 4.78 is 0. The van der Waals surface area contributed by atoms with E-state index in [1.807, 2.05) is 60.7 Å². The van der Waals surface area contributed by atoms with E-state index in [1.165, 1.54) is 0 Å². The Labute approximate surface area is 128 Å². The third kappa shape index (κ3) is 2.54. The average molecular weight is 288 g/mol. The second-order valence-corrected chi connectivity index (χ2v) is 4.88. The van der Waals surface area contributed by atoms with Crippen LogP contribution in [0.1, 0.15) is 11.1 Å². The van der Waals surface area contributed by atoms with Gasteiger partial charge in [-0.2, -0.15) is 10.2 Å². The summed E-state index contributed by atoms with van der Waals surface area (Å²) in [6.07, 6.45) is 0. The van der Waals surface area contributed by atoms with Crippen LogP contribution in [0.25, 0.3) is 10.8 Å². The fourth-order valence-electron chi connectivity index (χ4n) is 2.48. The van der Waals surface area contributed by atoms with Crippen molar-refractivity contribution in [3.63, 3.8) is 0 Å². The van der Waals surface area contributed by atoms with Crippen LogP contribution in [0, 0.1) is 0 Å². The molecule has 0 unspecified atom stereocenters. The second-order valence-electron chi connectivity index (χ2n) is 4.88. The topological polar surface area (TPSA) is 76.8 Å². The Bertz CT molecular complexity index is 851. The van der Waals surface area contributed by atoms with Crippen molar-refractivity contribution in [2.45, 2.75) is 0 Å². The van der Waals surface area contributed by atoms with Gasteiger partial charge in [0.2, 0.25) is 0 Å². The fraction of sp³-hybridized carbons (Fsp3) is 0. The predicted molar refractivity (Wildman–Crippen MR) is 91.8 cm³/mol. The van der Waals surface area contributed by atoms with E-state index in [1.54, 1.807) is 0 Å². The van der Waals surface area contributed by atoms with Gasteiger partial charge in [0.25, 0.3) is 0 Å². The van der Waals surface area contributed by atoms with Gasteiger partial charge in [-0.3, -0.25) is 0 Å². The maximum absolute atomic E-state index is 5.61. The van der Waals surface area contributed by atoms with Crippen LogP contribution in [0.3, 0.4) is 0 Å². The quantitative estimate of drug-likeness (QED) is 0.441. The molecule has 0 aromatic heterocycles. The minimum absolute atomic E-state index is 0.568. The van der Waals surface area contributed by atoms with E-state index in [4.69, 9.17) is 11.7 Å². The summed E-state index contributed by atoms with van der Waals surface area (Å²) >= 11 is 0. The second kappa shape index (κ2) is 6.10. The molecule has 108 valence electrons. The Balaban J connectivity index is 2.10. The highest BCUT2D eigenvalue weighted by Crippen LogP contribution is 2.17. The smallest absolute Gasteiger partial charge is 0.118 e. The van der Waals surface area contributed by atoms with Gasteiger partial charge >= 0.3 is 0 Å². The van der Waals surface area contributed by atoms with Crippen molar-refractivity contribution >= 4 is 22.2 Å². The zero-order chi connectivity index (χ0) is 15.4. The molecule has 0 aliphatic carbocycles. The lowest BCUT2D eigenvalue weighted by atomic mass is 9.97. The number of nitrogens with two attached hydrogens (primary N) is 2. The molecule has 3 rings (SSSR count). The molecule has 0 atom stereocenters. The largest absolute Gasteiger partial charge is 0.323 e. The van der Waals surface area contributed by atoms with Gasteiger partial charge in [0.15, 0.2) is 0 Å². The molecule has 4 heteroatoms. The lowest BCUT2D eigenvalue weighted by molar-refractivity contribution is 1.23. The van der Waals surface area contributed by atoms with Crippen molar-refractivity contribution < 1.29 is 0 Å². The van der Waals surface area contributed by atoms with E-state index < -0.39 is 0 Å². The van der Waals surface area contributed by atoms with Gasteiger partial charge < -0.3 is 11.7 Å². The van der Waals surface area contributed by atoms with Crippen LogP contribution in [-0.2, 0) is 0 Å². The Hall–Kier alpha value is -3.14. The number of benzene rings is 3. The molecule has 0 aliphatic rings. The molecule has 0 amide bonds. The number of fused-ring (bicyclic) bond motifs is 1.